The predicted molar refractivity (Wildman–Crippen MR) is 89.9 cm³/mol. The zero-order valence-electron chi connectivity index (χ0n) is 12.8. The summed E-state index contributed by atoms with van der Waals surface area (Å²) in [6, 6.07) is 12.7. The molecular formula is C18H18N4. The van der Waals surface area contributed by atoms with Crippen LogP contribution in [0.15, 0.2) is 36.4 Å². The molecule has 0 aliphatic heterocycles. The molecule has 4 aromatic rings. The van der Waals surface area contributed by atoms with E-state index >= 15 is 0 Å². The van der Waals surface area contributed by atoms with Crippen LogP contribution in [0.25, 0.3) is 33.2 Å². The van der Waals surface area contributed by atoms with Gasteiger partial charge in [-0.2, -0.15) is 0 Å². The van der Waals surface area contributed by atoms with Crippen molar-refractivity contribution in [3.8, 4) is 11.1 Å². The van der Waals surface area contributed by atoms with Crippen molar-refractivity contribution in [1.29, 1.82) is 0 Å². The molecule has 2 aromatic heterocycles. The number of aromatic amines is 2. The van der Waals surface area contributed by atoms with E-state index in [1.54, 1.807) is 0 Å². The standard InChI is InChI=1S/C18H18N4/c1-3-17-19-13-7-5-11(9-15(13)21-17)12-6-8-14-16(10-12)22-18(4-2)20-14/h5-10H,3-4H2,1-2H3,(H,19,21)(H,20,22). The summed E-state index contributed by atoms with van der Waals surface area (Å²) < 4.78 is 0. The topological polar surface area (TPSA) is 57.4 Å². The van der Waals surface area contributed by atoms with Crippen molar-refractivity contribution < 1.29 is 0 Å². The molecule has 2 heterocycles. The second-order valence-corrected chi connectivity index (χ2v) is 5.54. The molecule has 0 amide bonds. The number of fused-ring (bicyclic) bond motifs is 2. The van der Waals surface area contributed by atoms with Gasteiger partial charge in [0.15, 0.2) is 0 Å². The number of aryl methyl sites for hydroxylation is 2. The summed E-state index contributed by atoms with van der Waals surface area (Å²) in [5.41, 5.74) is 6.59. The number of imidazole rings is 2. The number of H-pyrrole nitrogens is 2. The van der Waals surface area contributed by atoms with Crippen LogP contribution in [0, 0.1) is 0 Å². The maximum atomic E-state index is 4.62. The fourth-order valence-electron chi connectivity index (χ4n) is 2.82. The second-order valence-electron chi connectivity index (χ2n) is 5.54. The Bertz CT molecular complexity index is 882. The maximum Gasteiger partial charge on any atom is 0.106 e. The summed E-state index contributed by atoms with van der Waals surface area (Å²) >= 11 is 0. The molecule has 0 unspecified atom stereocenters. The van der Waals surface area contributed by atoms with E-state index in [2.05, 4.69) is 70.2 Å². The molecule has 0 bridgehead atoms. The SMILES string of the molecule is CCc1nc2cc(-c3ccc4nc(CC)[nH]c4c3)ccc2[nH]1. The van der Waals surface area contributed by atoms with Crippen molar-refractivity contribution >= 4 is 22.1 Å². The molecule has 0 saturated heterocycles. The quantitative estimate of drug-likeness (QED) is 0.593. The number of nitrogens with one attached hydrogen (secondary N) is 2. The van der Waals surface area contributed by atoms with E-state index in [0.717, 1.165) is 46.6 Å². The van der Waals surface area contributed by atoms with Crippen molar-refractivity contribution in [1.82, 2.24) is 19.9 Å². The molecule has 2 N–H and O–H groups in total. The molecule has 110 valence electrons. The largest absolute Gasteiger partial charge is 0.342 e. The molecule has 0 spiro atoms. The minimum atomic E-state index is 0.920. The smallest absolute Gasteiger partial charge is 0.106 e. The first-order chi connectivity index (χ1) is 10.8. The lowest BCUT2D eigenvalue weighted by Crippen LogP contribution is -1.80. The van der Waals surface area contributed by atoms with Crippen LogP contribution in [0.5, 0.6) is 0 Å². The summed E-state index contributed by atoms with van der Waals surface area (Å²) in [6.45, 7) is 4.21. The lowest BCUT2D eigenvalue weighted by Gasteiger charge is -2.01. The van der Waals surface area contributed by atoms with E-state index in [0.29, 0.717) is 0 Å². The lowest BCUT2D eigenvalue weighted by molar-refractivity contribution is 1.00. The van der Waals surface area contributed by atoms with Crippen LogP contribution in [-0.4, -0.2) is 19.9 Å². The van der Waals surface area contributed by atoms with Gasteiger partial charge >= 0.3 is 0 Å². The Morgan fingerprint density at radius 1 is 0.727 bits per heavy atom. The molecule has 0 saturated carbocycles. The first-order valence-electron chi connectivity index (χ1n) is 7.74. The first-order valence-corrected chi connectivity index (χ1v) is 7.74. The highest BCUT2D eigenvalue weighted by Crippen LogP contribution is 2.26. The van der Waals surface area contributed by atoms with Gasteiger partial charge in [-0.25, -0.2) is 9.97 Å². The Balaban J connectivity index is 1.82. The number of rotatable bonds is 3. The van der Waals surface area contributed by atoms with Gasteiger partial charge in [-0.15, -0.1) is 0 Å². The third kappa shape index (κ3) is 2.08. The average Bonchev–Trinajstić information content (AvgIpc) is 3.16. The Morgan fingerprint density at radius 3 is 2.14 bits per heavy atom. The Kier molecular flexibility index (Phi) is 2.96. The predicted octanol–water partition coefficient (Wildman–Crippen LogP) is 4.23. The van der Waals surface area contributed by atoms with Crippen LogP contribution in [0.3, 0.4) is 0 Å². The summed E-state index contributed by atoms with van der Waals surface area (Å²) in [4.78, 5) is 15.9. The van der Waals surface area contributed by atoms with Crippen LogP contribution in [0.1, 0.15) is 25.5 Å². The van der Waals surface area contributed by atoms with Gasteiger partial charge in [0, 0.05) is 12.8 Å². The van der Waals surface area contributed by atoms with Crippen LogP contribution >= 0.6 is 0 Å². The molecule has 2 aromatic carbocycles. The number of benzene rings is 2. The molecule has 22 heavy (non-hydrogen) atoms. The minimum Gasteiger partial charge on any atom is -0.342 e. The Labute approximate surface area is 128 Å². The van der Waals surface area contributed by atoms with E-state index in [1.165, 1.54) is 11.1 Å². The first kappa shape index (κ1) is 13.1. The van der Waals surface area contributed by atoms with Crippen LogP contribution in [-0.2, 0) is 12.8 Å². The number of hydrogen-bond acceptors (Lipinski definition) is 2. The highest BCUT2D eigenvalue weighted by molar-refractivity contribution is 5.86. The fraction of sp³-hybridized carbons (Fsp3) is 0.222. The van der Waals surface area contributed by atoms with E-state index in [1.807, 2.05) is 0 Å². The molecule has 4 heteroatoms. The van der Waals surface area contributed by atoms with Gasteiger partial charge in [0.2, 0.25) is 0 Å². The van der Waals surface area contributed by atoms with Gasteiger partial charge < -0.3 is 9.97 Å². The zero-order chi connectivity index (χ0) is 15.1. The van der Waals surface area contributed by atoms with Gasteiger partial charge in [-0.1, -0.05) is 26.0 Å². The molecular weight excluding hydrogens is 272 g/mol. The van der Waals surface area contributed by atoms with E-state index in [4.69, 9.17) is 0 Å². The number of aromatic nitrogens is 4. The van der Waals surface area contributed by atoms with E-state index in [-0.39, 0.29) is 0 Å². The van der Waals surface area contributed by atoms with Crippen molar-refractivity contribution in [2.45, 2.75) is 26.7 Å². The van der Waals surface area contributed by atoms with Crippen molar-refractivity contribution in [3.63, 3.8) is 0 Å². The van der Waals surface area contributed by atoms with E-state index in [9.17, 15) is 0 Å². The molecule has 0 fully saturated rings. The Morgan fingerprint density at radius 2 is 1.36 bits per heavy atom. The third-order valence-electron chi connectivity index (χ3n) is 4.07. The second kappa shape index (κ2) is 4.98. The van der Waals surface area contributed by atoms with Crippen molar-refractivity contribution in [2.24, 2.45) is 0 Å². The Hall–Kier alpha value is -2.62. The highest BCUT2D eigenvalue weighted by Gasteiger charge is 2.07. The van der Waals surface area contributed by atoms with Gasteiger partial charge in [-0.3, -0.25) is 0 Å². The van der Waals surface area contributed by atoms with Gasteiger partial charge in [-0.05, 0) is 35.4 Å². The monoisotopic (exact) mass is 290 g/mol. The average molecular weight is 290 g/mol. The van der Waals surface area contributed by atoms with Crippen LogP contribution < -0.4 is 0 Å². The molecule has 0 radical (unpaired) electrons. The summed E-state index contributed by atoms with van der Waals surface area (Å²) in [6.07, 6.45) is 1.84. The minimum absolute atomic E-state index is 0.920. The number of nitrogens with zero attached hydrogens (tertiary/aromatic N) is 2. The highest BCUT2D eigenvalue weighted by atomic mass is 14.9. The lowest BCUT2D eigenvalue weighted by atomic mass is 10.0. The van der Waals surface area contributed by atoms with E-state index < -0.39 is 0 Å². The number of hydrogen-bond donors (Lipinski definition) is 2. The van der Waals surface area contributed by atoms with Crippen LogP contribution in [0.4, 0.5) is 0 Å². The fourth-order valence-corrected chi connectivity index (χ4v) is 2.82. The zero-order valence-corrected chi connectivity index (χ0v) is 12.8. The summed E-state index contributed by atoms with van der Waals surface area (Å²) in [5.74, 6) is 2.06. The van der Waals surface area contributed by atoms with Crippen molar-refractivity contribution in [3.05, 3.63) is 48.0 Å². The molecule has 0 aliphatic rings. The third-order valence-corrected chi connectivity index (χ3v) is 4.07. The molecule has 4 rings (SSSR count). The van der Waals surface area contributed by atoms with Crippen molar-refractivity contribution in [2.75, 3.05) is 0 Å². The van der Waals surface area contributed by atoms with Gasteiger partial charge in [0.25, 0.3) is 0 Å². The van der Waals surface area contributed by atoms with Gasteiger partial charge in [0.05, 0.1) is 22.1 Å². The molecule has 0 aliphatic carbocycles. The van der Waals surface area contributed by atoms with Crippen LogP contribution in [0.2, 0.25) is 0 Å². The summed E-state index contributed by atoms with van der Waals surface area (Å²) in [7, 11) is 0. The molecule has 4 nitrogen and oxygen atoms in total. The molecule has 0 atom stereocenters. The normalized spacial score (nSPS) is 11.5. The maximum absolute atomic E-state index is 4.62. The van der Waals surface area contributed by atoms with Gasteiger partial charge in [0.1, 0.15) is 11.6 Å². The summed E-state index contributed by atoms with van der Waals surface area (Å²) in [5, 5.41) is 0.